The van der Waals surface area contributed by atoms with Crippen LogP contribution in [0.2, 0.25) is 0 Å². The van der Waals surface area contributed by atoms with Gasteiger partial charge in [0.15, 0.2) is 0 Å². The topological polar surface area (TPSA) is 77.1 Å². The Balaban J connectivity index is 1.94. The molecule has 1 aliphatic rings. The summed E-state index contributed by atoms with van der Waals surface area (Å²) in [5.74, 6) is 0.824. The zero-order valence-electron chi connectivity index (χ0n) is 15.0. The highest BCUT2D eigenvalue weighted by molar-refractivity contribution is 5.99. The van der Waals surface area contributed by atoms with Crippen molar-refractivity contribution in [1.29, 1.82) is 0 Å². The van der Waals surface area contributed by atoms with Crippen molar-refractivity contribution in [3.05, 3.63) is 23.8 Å². The van der Waals surface area contributed by atoms with Gasteiger partial charge in [0.2, 0.25) is 5.91 Å². The van der Waals surface area contributed by atoms with Crippen LogP contribution < -0.4 is 14.8 Å². The van der Waals surface area contributed by atoms with E-state index in [9.17, 15) is 9.59 Å². The van der Waals surface area contributed by atoms with Crippen LogP contribution in [0.15, 0.2) is 18.2 Å². The standard InChI is InChI=1S/C18H26N2O5/c1-23-12-9-16(21)20-10-7-13(8-11-20)19-18(22)17-14(24-2)5-4-6-15(17)25-3/h4-6,13H,7-12H2,1-3H3,(H,19,22). The van der Waals surface area contributed by atoms with Gasteiger partial charge in [-0.3, -0.25) is 9.59 Å². The molecule has 7 nitrogen and oxygen atoms in total. The maximum atomic E-state index is 12.7. The van der Waals surface area contributed by atoms with Crippen molar-refractivity contribution >= 4 is 11.8 Å². The molecule has 0 atom stereocenters. The number of benzene rings is 1. The van der Waals surface area contributed by atoms with E-state index < -0.39 is 0 Å². The minimum atomic E-state index is -0.224. The molecule has 0 spiro atoms. The molecule has 1 aromatic carbocycles. The van der Waals surface area contributed by atoms with Gasteiger partial charge in [-0.1, -0.05) is 6.07 Å². The van der Waals surface area contributed by atoms with Gasteiger partial charge in [-0.15, -0.1) is 0 Å². The molecule has 0 saturated carbocycles. The van der Waals surface area contributed by atoms with E-state index in [2.05, 4.69) is 5.32 Å². The SMILES string of the molecule is COCCC(=O)N1CCC(NC(=O)c2c(OC)cccc2OC)CC1. The van der Waals surface area contributed by atoms with Crippen LogP contribution in [0.25, 0.3) is 0 Å². The highest BCUT2D eigenvalue weighted by atomic mass is 16.5. The Morgan fingerprint density at radius 2 is 1.72 bits per heavy atom. The molecule has 2 rings (SSSR count). The van der Waals surface area contributed by atoms with Crippen LogP contribution in [0.4, 0.5) is 0 Å². The lowest BCUT2D eigenvalue weighted by atomic mass is 10.0. The molecule has 1 saturated heterocycles. The Morgan fingerprint density at radius 1 is 1.12 bits per heavy atom. The van der Waals surface area contributed by atoms with Crippen LogP contribution in [0.1, 0.15) is 29.6 Å². The molecule has 1 fully saturated rings. The van der Waals surface area contributed by atoms with Crippen molar-refractivity contribution in [2.45, 2.75) is 25.3 Å². The lowest BCUT2D eigenvalue weighted by molar-refractivity contribution is -0.133. The van der Waals surface area contributed by atoms with Gasteiger partial charge in [0, 0.05) is 26.2 Å². The summed E-state index contributed by atoms with van der Waals surface area (Å²) in [5, 5.41) is 3.03. The average molecular weight is 350 g/mol. The number of carbonyl (C=O) groups is 2. The number of rotatable bonds is 7. The number of hydrogen-bond donors (Lipinski definition) is 1. The van der Waals surface area contributed by atoms with Crippen molar-refractivity contribution in [3.8, 4) is 11.5 Å². The summed E-state index contributed by atoms with van der Waals surface area (Å²) >= 11 is 0. The van der Waals surface area contributed by atoms with Crippen LogP contribution in [-0.2, 0) is 9.53 Å². The molecule has 1 N–H and O–H groups in total. The van der Waals surface area contributed by atoms with E-state index in [4.69, 9.17) is 14.2 Å². The molecule has 0 unspecified atom stereocenters. The zero-order chi connectivity index (χ0) is 18.2. The second kappa shape index (κ2) is 9.27. The normalized spacial score (nSPS) is 14.9. The van der Waals surface area contributed by atoms with Crippen LogP contribution in [0, 0.1) is 0 Å². The second-order valence-electron chi connectivity index (χ2n) is 5.91. The number of piperidine rings is 1. The van der Waals surface area contributed by atoms with Crippen LogP contribution in [-0.4, -0.2) is 63.8 Å². The van der Waals surface area contributed by atoms with Gasteiger partial charge in [-0.25, -0.2) is 0 Å². The Kier molecular flexibility index (Phi) is 7.06. The van der Waals surface area contributed by atoms with E-state index in [1.165, 1.54) is 14.2 Å². The Labute approximate surface area is 148 Å². The first-order chi connectivity index (χ1) is 12.1. The summed E-state index contributed by atoms with van der Waals surface area (Å²) in [6.07, 6.45) is 1.84. The van der Waals surface area contributed by atoms with Gasteiger partial charge in [0.25, 0.3) is 5.91 Å². The summed E-state index contributed by atoms with van der Waals surface area (Å²) in [5.41, 5.74) is 0.395. The molecule has 0 bridgehead atoms. The molecule has 0 aliphatic carbocycles. The lowest BCUT2D eigenvalue weighted by Crippen LogP contribution is -2.46. The lowest BCUT2D eigenvalue weighted by Gasteiger charge is -2.32. The monoisotopic (exact) mass is 350 g/mol. The molecule has 0 radical (unpaired) electrons. The fraction of sp³-hybridized carbons (Fsp3) is 0.556. The molecule has 0 aromatic heterocycles. The van der Waals surface area contributed by atoms with E-state index in [1.807, 2.05) is 4.90 Å². The summed E-state index contributed by atoms with van der Waals surface area (Å²) in [6, 6.07) is 5.26. The smallest absolute Gasteiger partial charge is 0.259 e. The van der Waals surface area contributed by atoms with Gasteiger partial charge < -0.3 is 24.4 Å². The summed E-state index contributed by atoms with van der Waals surface area (Å²) in [7, 11) is 4.63. The number of methoxy groups -OCH3 is 3. The Morgan fingerprint density at radius 3 is 2.24 bits per heavy atom. The zero-order valence-corrected chi connectivity index (χ0v) is 15.0. The maximum absolute atomic E-state index is 12.7. The van der Waals surface area contributed by atoms with Crippen molar-refractivity contribution in [3.63, 3.8) is 0 Å². The third kappa shape index (κ3) is 4.85. The quantitative estimate of drug-likeness (QED) is 0.806. The third-order valence-electron chi connectivity index (χ3n) is 4.36. The maximum Gasteiger partial charge on any atom is 0.259 e. The number of likely N-dealkylation sites (tertiary alicyclic amines) is 1. The van der Waals surface area contributed by atoms with E-state index in [0.717, 1.165) is 12.8 Å². The van der Waals surface area contributed by atoms with Gasteiger partial charge in [0.05, 0.1) is 27.2 Å². The van der Waals surface area contributed by atoms with Gasteiger partial charge in [0.1, 0.15) is 17.1 Å². The Bertz CT molecular complexity index is 575. The van der Waals surface area contributed by atoms with E-state index in [1.54, 1.807) is 25.3 Å². The molecule has 1 aliphatic heterocycles. The fourth-order valence-corrected chi connectivity index (χ4v) is 2.95. The molecular weight excluding hydrogens is 324 g/mol. The van der Waals surface area contributed by atoms with Gasteiger partial charge in [-0.05, 0) is 25.0 Å². The fourth-order valence-electron chi connectivity index (χ4n) is 2.95. The number of carbonyl (C=O) groups excluding carboxylic acids is 2. The largest absolute Gasteiger partial charge is 0.496 e. The predicted octanol–water partition coefficient (Wildman–Crippen LogP) is 1.46. The summed E-state index contributed by atoms with van der Waals surface area (Å²) in [4.78, 5) is 26.5. The van der Waals surface area contributed by atoms with Gasteiger partial charge in [-0.2, -0.15) is 0 Å². The minimum absolute atomic E-state index is 0.0218. The highest BCUT2D eigenvalue weighted by Crippen LogP contribution is 2.28. The molecule has 138 valence electrons. The molecule has 25 heavy (non-hydrogen) atoms. The molecule has 1 heterocycles. The highest BCUT2D eigenvalue weighted by Gasteiger charge is 2.26. The van der Waals surface area contributed by atoms with Crippen LogP contribution in [0.3, 0.4) is 0 Å². The first-order valence-corrected chi connectivity index (χ1v) is 8.39. The van der Waals surface area contributed by atoms with Crippen LogP contribution >= 0.6 is 0 Å². The van der Waals surface area contributed by atoms with Crippen molar-refractivity contribution in [2.75, 3.05) is 41.0 Å². The predicted molar refractivity (Wildman–Crippen MR) is 93.1 cm³/mol. The molecular formula is C18H26N2O5. The first-order valence-electron chi connectivity index (χ1n) is 8.39. The number of ether oxygens (including phenoxy) is 3. The average Bonchev–Trinajstić information content (AvgIpc) is 2.65. The molecule has 1 aromatic rings. The Hall–Kier alpha value is -2.28. The number of amides is 2. The number of hydrogen-bond acceptors (Lipinski definition) is 5. The second-order valence-corrected chi connectivity index (χ2v) is 5.91. The first kappa shape index (κ1) is 19.1. The van der Waals surface area contributed by atoms with Crippen molar-refractivity contribution in [1.82, 2.24) is 10.2 Å². The minimum Gasteiger partial charge on any atom is -0.496 e. The number of nitrogens with one attached hydrogen (secondary N) is 1. The van der Waals surface area contributed by atoms with E-state index >= 15 is 0 Å². The van der Waals surface area contributed by atoms with Crippen molar-refractivity contribution in [2.24, 2.45) is 0 Å². The third-order valence-corrected chi connectivity index (χ3v) is 4.36. The molecule has 2 amide bonds. The summed E-state index contributed by atoms with van der Waals surface area (Å²) < 4.78 is 15.5. The van der Waals surface area contributed by atoms with Gasteiger partial charge >= 0.3 is 0 Å². The van der Waals surface area contributed by atoms with E-state index in [-0.39, 0.29) is 17.9 Å². The van der Waals surface area contributed by atoms with E-state index in [0.29, 0.717) is 43.2 Å². The molecule has 7 heteroatoms. The van der Waals surface area contributed by atoms with Crippen molar-refractivity contribution < 1.29 is 23.8 Å². The summed E-state index contributed by atoms with van der Waals surface area (Å²) in [6.45, 7) is 1.70. The number of nitrogens with zero attached hydrogens (tertiary/aromatic N) is 1. The van der Waals surface area contributed by atoms with Crippen LogP contribution in [0.5, 0.6) is 11.5 Å².